The second kappa shape index (κ2) is 6.57. The highest BCUT2D eigenvalue weighted by Gasteiger charge is 2.21. The Labute approximate surface area is 136 Å². The van der Waals surface area contributed by atoms with E-state index in [0.717, 1.165) is 42.7 Å². The minimum Gasteiger partial charge on any atom is -0.393 e. The number of aliphatic hydroxyl groups is 1. The summed E-state index contributed by atoms with van der Waals surface area (Å²) in [5.41, 5.74) is 2.04. The summed E-state index contributed by atoms with van der Waals surface area (Å²) < 4.78 is 2.12. The van der Waals surface area contributed by atoms with Crippen molar-refractivity contribution in [2.24, 2.45) is 13.0 Å². The van der Waals surface area contributed by atoms with E-state index < -0.39 is 0 Å². The van der Waals surface area contributed by atoms with Gasteiger partial charge < -0.3 is 15.0 Å². The lowest BCUT2D eigenvalue weighted by atomic mass is 9.87. The van der Waals surface area contributed by atoms with Crippen LogP contribution < -0.4 is 5.32 Å². The SMILES string of the molecule is CC(NCC1CCCC(O)C1)c1nc2cc(Cl)ccc2n1C. The molecule has 2 N–H and O–H groups in total. The molecular weight excluding hydrogens is 298 g/mol. The Hall–Kier alpha value is -1.10. The van der Waals surface area contributed by atoms with Crippen LogP contribution in [0.2, 0.25) is 5.02 Å². The van der Waals surface area contributed by atoms with Crippen LogP contribution in [0.4, 0.5) is 0 Å². The second-order valence-electron chi connectivity index (χ2n) is 6.48. The third kappa shape index (κ3) is 3.29. The van der Waals surface area contributed by atoms with Gasteiger partial charge >= 0.3 is 0 Å². The highest BCUT2D eigenvalue weighted by atomic mass is 35.5. The van der Waals surface area contributed by atoms with Gasteiger partial charge in [0, 0.05) is 12.1 Å². The van der Waals surface area contributed by atoms with Crippen LogP contribution in [0.3, 0.4) is 0 Å². The van der Waals surface area contributed by atoms with E-state index in [1.54, 1.807) is 0 Å². The van der Waals surface area contributed by atoms with Gasteiger partial charge in [0.1, 0.15) is 5.82 Å². The summed E-state index contributed by atoms with van der Waals surface area (Å²) >= 11 is 6.05. The topological polar surface area (TPSA) is 50.1 Å². The molecule has 0 amide bonds. The lowest BCUT2D eigenvalue weighted by Gasteiger charge is -2.27. The molecule has 3 rings (SSSR count). The predicted molar refractivity (Wildman–Crippen MR) is 90.1 cm³/mol. The molecule has 1 aromatic heterocycles. The molecule has 1 aliphatic carbocycles. The van der Waals surface area contributed by atoms with Crippen molar-refractivity contribution in [3.8, 4) is 0 Å². The maximum absolute atomic E-state index is 9.77. The maximum Gasteiger partial charge on any atom is 0.126 e. The van der Waals surface area contributed by atoms with Crippen LogP contribution in [0.1, 0.15) is 44.5 Å². The Morgan fingerprint density at radius 3 is 3.05 bits per heavy atom. The largest absolute Gasteiger partial charge is 0.393 e. The Morgan fingerprint density at radius 2 is 2.27 bits per heavy atom. The van der Waals surface area contributed by atoms with Crippen LogP contribution in [0, 0.1) is 5.92 Å². The first-order chi connectivity index (χ1) is 10.5. The minimum absolute atomic E-state index is 0.117. The fraction of sp³-hybridized carbons (Fsp3) is 0.588. The summed E-state index contributed by atoms with van der Waals surface area (Å²) in [6, 6.07) is 6.00. The molecule has 120 valence electrons. The molecule has 3 unspecified atom stereocenters. The zero-order chi connectivity index (χ0) is 15.7. The Balaban J connectivity index is 1.69. The minimum atomic E-state index is -0.117. The predicted octanol–water partition coefficient (Wildman–Crippen LogP) is 3.43. The highest BCUT2D eigenvalue weighted by Crippen LogP contribution is 2.25. The van der Waals surface area contributed by atoms with Crippen LogP contribution in [0.5, 0.6) is 0 Å². The van der Waals surface area contributed by atoms with Crippen LogP contribution in [-0.4, -0.2) is 27.3 Å². The van der Waals surface area contributed by atoms with E-state index in [1.165, 1.54) is 6.42 Å². The molecular formula is C17H24ClN3O. The summed E-state index contributed by atoms with van der Waals surface area (Å²) in [6.07, 6.45) is 4.09. The lowest BCUT2D eigenvalue weighted by molar-refractivity contribution is 0.0997. The molecule has 3 atom stereocenters. The van der Waals surface area contributed by atoms with Gasteiger partial charge in [0.05, 0.1) is 23.2 Å². The van der Waals surface area contributed by atoms with Gasteiger partial charge in [0.15, 0.2) is 0 Å². The van der Waals surface area contributed by atoms with Crippen LogP contribution in [0.25, 0.3) is 11.0 Å². The summed E-state index contributed by atoms with van der Waals surface area (Å²) in [5, 5.41) is 14.1. The van der Waals surface area contributed by atoms with Gasteiger partial charge in [-0.05, 0) is 56.8 Å². The molecule has 1 aromatic carbocycles. The number of aromatic nitrogens is 2. The first-order valence-electron chi connectivity index (χ1n) is 8.08. The Morgan fingerprint density at radius 1 is 1.45 bits per heavy atom. The van der Waals surface area contributed by atoms with E-state index >= 15 is 0 Å². The monoisotopic (exact) mass is 321 g/mol. The number of benzene rings is 1. The molecule has 5 heteroatoms. The molecule has 0 bridgehead atoms. The number of halogens is 1. The molecule has 1 aliphatic rings. The molecule has 1 saturated carbocycles. The fourth-order valence-corrected chi connectivity index (χ4v) is 3.63. The van der Waals surface area contributed by atoms with Gasteiger partial charge in [-0.2, -0.15) is 0 Å². The number of nitrogens with zero attached hydrogens (tertiary/aromatic N) is 2. The van der Waals surface area contributed by atoms with E-state index in [4.69, 9.17) is 16.6 Å². The average Bonchev–Trinajstić information content (AvgIpc) is 2.81. The van der Waals surface area contributed by atoms with Crippen LogP contribution in [0.15, 0.2) is 18.2 Å². The van der Waals surface area contributed by atoms with E-state index in [0.29, 0.717) is 10.9 Å². The molecule has 0 aliphatic heterocycles. The zero-order valence-corrected chi connectivity index (χ0v) is 14.0. The van der Waals surface area contributed by atoms with Gasteiger partial charge in [-0.1, -0.05) is 18.0 Å². The summed E-state index contributed by atoms with van der Waals surface area (Å²) in [5.74, 6) is 1.59. The Kier molecular flexibility index (Phi) is 4.71. The van der Waals surface area contributed by atoms with Gasteiger partial charge in [-0.15, -0.1) is 0 Å². The van der Waals surface area contributed by atoms with Crippen molar-refractivity contribution in [1.29, 1.82) is 0 Å². The zero-order valence-electron chi connectivity index (χ0n) is 13.2. The fourth-order valence-electron chi connectivity index (χ4n) is 3.46. The smallest absolute Gasteiger partial charge is 0.126 e. The number of fused-ring (bicyclic) bond motifs is 1. The van der Waals surface area contributed by atoms with Crippen LogP contribution >= 0.6 is 11.6 Å². The van der Waals surface area contributed by atoms with Crippen molar-refractivity contribution in [1.82, 2.24) is 14.9 Å². The molecule has 0 saturated heterocycles. The van der Waals surface area contributed by atoms with Gasteiger partial charge in [0.2, 0.25) is 0 Å². The summed E-state index contributed by atoms with van der Waals surface area (Å²) in [7, 11) is 2.04. The third-order valence-corrected chi connectivity index (χ3v) is 4.97. The number of rotatable bonds is 4. The van der Waals surface area contributed by atoms with Crippen molar-refractivity contribution in [3.63, 3.8) is 0 Å². The second-order valence-corrected chi connectivity index (χ2v) is 6.91. The normalized spacial score (nSPS) is 23.8. The lowest BCUT2D eigenvalue weighted by Crippen LogP contribution is -2.31. The van der Waals surface area contributed by atoms with Crippen molar-refractivity contribution in [3.05, 3.63) is 29.0 Å². The Bertz CT molecular complexity index is 655. The van der Waals surface area contributed by atoms with Crippen molar-refractivity contribution in [2.45, 2.75) is 44.8 Å². The van der Waals surface area contributed by atoms with Crippen molar-refractivity contribution < 1.29 is 5.11 Å². The molecule has 2 aromatic rings. The molecule has 4 nitrogen and oxygen atoms in total. The molecule has 0 spiro atoms. The molecule has 1 heterocycles. The highest BCUT2D eigenvalue weighted by molar-refractivity contribution is 6.31. The third-order valence-electron chi connectivity index (χ3n) is 4.73. The van der Waals surface area contributed by atoms with E-state index in [2.05, 4.69) is 16.8 Å². The maximum atomic E-state index is 9.77. The number of aryl methyl sites for hydroxylation is 1. The standard InChI is InChI=1S/C17H24ClN3O/c1-11(19-10-12-4-3-5-14(22)8-12)17-20-15-9-13(18)6-7-16(15)21(17)2/h6-7,9,11-12,14,19,22H,3-5,8,10H2,1-2H3. The van der Waals surface area contributed by atoms with Crippen molar-refractivity contribution >= 4 is 22.6 Å². The summed E-state index contributed by atoms with van der Waals surface area (Å²) in [4.78, 5) is 4.72. The van der Waals surface area contributed by atoms with E-state index in [9.17, 15) is 5.11 Å². The van der Waals surface area contributed by atoms with Gasteiger partial charge in [-0.3, -0.25) is 0 Å². The van der Waals surface area contributed by atoms with Crippen LogP contribution in [-0.2, 0) is 7.05 Å². The number of imidazole rings is 1. The molecule has 22 heavy (non-hydrogen) atoms. The number of aliphatic hydroxyl groups excluding tert-OH is 1. The number of hydrogen-bond acceptors (Lipinski definition) is 3. The average molecular weight is 322 g/mol. The number of nitrogens with one attached hydrogen (secondary N) is 1. The van der Waals surface area contributed by atoms with E-state index in [1.807, 2.05) is 25.2 Å². The first kappa shape index (κ1) is 15.8. The van der Waals surface area contributed by atoms with E-state index in [-0.39, 0.29) is 12.1 Å². The quantitative estimate of drug-likeness (QED) is 0.907. The molecule has 1 fully saturated rings. The summed E-state index contributed by atoms with van der Waals surface area (Å²) in [6.45, 7) is 3.07. The van der Waals surface area contributed by atoms with Gasteiger partial charge in [-0.25, -0.2) is 4.98 Å². The number of hydrogen-bond donors (Lipinski definition) is 2. The van der Waals surface area contributed by atoms with Gasteiger partial charge in [0.25, 0.3) is 0 Å². The van der Waals surface area contributed by atoms with Crippen molar-refractivity contribution in [2.75, 3.05) is 6.54 Å². The first-order valence-corrected chi connectivity index (χ1v) is 8.45. The molecule has 0 radical (unpaired) electrons.